The Bertz CT molecular complexity index is 889. The van der Waals surface area contributed by atoms with Crippen molar-refractivity contribution in [2.45, 2.75) is 39.2 Å². The molecule has 0 radical (unpaired) electrons. The minimum absolute atomic E-state index is 0.00538. The number of hydrogen-bond acceptors (Lipinski definition) is 5. The van der Waals surface area contributed by atoms with Crippen molar-refractivity contribution in [1.29, 1.82) is 0 Å². The Morgan fingerprint density at radius 3 is 2.61 bits per heavy atom. The smallest absolute Gasteiger partial charge is 0.330 e. The molecule has 0 spiro atoms. The first-order chi connectivity index (χ1) is 13.5. The lowest BCUT2D eigenvalue weighted by Crippen LogP contribution is -2.42. The third-order valence-corrected chi connectivity index (χ3v) is 4.51. The van der Waals surface area contributed by atoms with Crippen LogP contribution in [0, 0.1) is 0 Å². The fourth-order valence-electron chi connectivity index (χ4n) is 2.95. The highest BCUT2D eigenvalue weighted by Crippen LogP contribution is 2.18. The highest BCUT2D eigenvalue weighted by atomic mass is 16.5. The molecule has 3 N–H and O–H groups in total. The second kappa shape index (κ2) is 10.5. The number of aromatic amines is 1. The maximum absolute atomic E-state index is 12.9. The number of aromatic nitrogens is 2. The summed E-state index contributed by atoms with van der Waals surface area (Å²) in [5, 5.41) is 0. The van der Waals surface area contributed by atoms with Crippen molar-refractivity contribution in [3.05, 3.63) is 56.7 Å². The molecule has 0 fully saturated rings. The van der Waals surface area contributed by atoms with Crippen LogP contribution >= 0.6 is 0 Å². The van der Waals surface area contributed by atoms with Gasteiger partial charge >= 0.3 is 5.69 Å². The molecule has 0 saturated heterocycles. The number of hydrogen-bond donors (Lipinski definition) is 2. The van der Waals surface area contributed by atoms with E-state index in [1.165, 1.54) is 16.6 Å². The summed E-state index contributed by atoms with van der Waals surface area (Å²) in [5.41, 5.74) is 5.95. The molecule has 1 aromatic heterocycles. The lowest BCUT2D eigenvalue weighted by atomic mass is 10.1. The average molecular weight is 388 g/mol. The summed E-state index contributed by atoms with van der Waals surface area (Å²) >= 11 is 0. The van der Waals surface area contributed by atoms with E-state index in [-0.39, 0.29) is 37.0 Å². The van der Waals surface area contributed by atoms with Gasteiger partial charge in [-0.2, -0.15) is 0 Å². The van der Waals surface area contributed by atoms with Crippen molar-refractivity contribution < 1.29 is 9.53 Å². The molecule has 1 heterocycles. The normalized spacial score (nSPS) is 10.8. The lowest BCUT2D eigenvalue weighted by Gasteiger charge is -2.24. The topological polar surface area (TPSA) is 110 Å². The number of nitrogens with two attached hydrogens (primary N) is 1. The molecule has 0 atom stereocenters. The van der Waals surface area contributed by atoms with Crippen molar-refractivity contribution in [3.63, 3.8) is 0 Å². The van der Waals surface area contributed by atoms with Gasteiger partial charge in [-0.25, -0.2) is 4.79 Å². The van der Waals surface area contributed by atoms with Crippen LogP contribution in [0.5, 0.6) is 0 Å². The van der Waals surface area contributed by atoms with E-state index >= 15 is 0 Å². The Morgan fingerprint density at radius 2 is 1.96 bits per heavy atom. The summed E-state index contributed by atoms with van der Waals surface area (Å²) in [6, 6.07) is 9.62. The average Bonchev–Trinajstić information content (AvgIpc) is 2.69. The number of benzene rings is 1. The van der Waals surface area contributed by atoms with E-state index in [0.717, 1.165) is 18.4 Å². The number of rotatable bonds is 10. The Morgan fingerprint density at radius 1 is 1.25 bits per heavy atom. The second-order valence-electron chi connectivity index (χ2n) is 6.52. The Hall–Kier alpha value is -2.87. The number of H-pyrrole nitrogens is 1. The summed E-state index contributed by atoms with van der Waals surface area (Å²) in [6.07, 6.45) is 2.34. The zero-order valence-corrected chi connectivity index (χ0v) is 16.4. The molecule has 152 valence electrons. The van der Waals surface area contributed by atoms with Gasteiger partial charge in [-0.05, 0) is 18.4 Å². The molecular formula is C20H28N4O4. The first-order valence-electron chi connectivity index (χ1n) is 9.45. The summed E-state index contributed by atoms with van der Waals surface area (Å²) in [5.74, 6) is -0.245. The molecule has 0 unspecified atom stereocenters. The van der Waals surface area contributed by atoms with Crippen LogP contribution < -0.4 is 21.9 Å². The Labute approximate surface area is 163 Å². The van der Waals surface area contributed by atoms with Gasteiger partial charge in [0.25, 0.3) is 5.56 Å². The van der Waals surface area contributed by atoms with Gasteiger partial charge in [0.15, 0.2) is 5.69 Å². The van der Waals surface area contributed by atoms with Crippen LogP contribution in [-0.4, -0.2) is 35.7 Å². The minimum atomic E-state index is -0.667. The monoisotopic (exact) mass is 388 g/mol. The van der Waals surface area contributed by atoms with Gasteiger partial charge < -0.3 is 15.4 Å². The summed E-state index contributed by atoms with van der Waals surface area (Å²) < 4.78 is 6.40. The van der Waals surface area contributed by atoms with E-state index < -0.39 is 11.2 Å². The van der Waals surface area contributed by atoms with Crippen LogP contribution in [0.4, 0.5) is 11.5 Å². The van der Waals surface area contributed by atoms with E-state index in [1.54, 1.807) is 0 Å². The predicted molar refractivity (Wildman–Crippen MR) is 110 cm³/mol. The van der Waals surface area contributed by atoms with Crippen LogP contribution in [0.25, 0.3) is 0 Å². The molecular weight excluding hydrogens is 360 g/mol. The molecule has 8 nitrogen and oxygen atoms in total. The van der Waals surface area contributed by atoms with Gasteiger partial charge in [0.05, 0.1) is 6.61 Å². The number of carbonyl (C=O) groups excluding carboxylic acids is 1. The van der Waals surface area contributed by atoms with E-state index in [1.807, 2.05) is 37.3 Å². The van der Waals surface area contributed by atoms with Gasteiger partial charge in [0, 0.05) is 26.6 Å². The molecule has 0 aliphatic heterocycles. The minimum Gasteiger partial charge on any atom is -0.383 e. The summed E-state index contributed by atoms with van der Waals surface area (Å²) in [6.45, 7) is 2.78. The highest BCUT2D eigenvalue weighted by molar-refractivity contribution is 5.95. The first-order valence-corrected chi connectivity index (χ1v) is 9.45. The van der Waals surface area contributed by atoms with E-state index in [2.05, 4.69) is 4.98 Å². The zero-order valence-electron chi connectivity index (χ0n) is 16.4. The maximum Gasteiger partial charge on any atom is 0.330 e. The molecule has 8 heteroatoms. The van der Waals surface area contributed by atoms with Gasteiger partial charge in [-0.3, -0.25) is 19.1 Å². The first kappa shape index (κ1) is 21.4. The summed E-state index contributed by atoms with van der Waals surface area (Å²) in [7, 11) is 1.52. The van der Waals surface area contributed by atoms with Gasteiger partial charge in [-0.15, -0.1) is 0 Å². The number of amides is 1. The third-order valence-electron chi connectivity index (χ3n) is 4.51. The number of nitrogens with zero attached hydrogens (tertiary/aromatic N) is 2. The fraction of sp³-hybridized carbons (Fsp3) is 0.450. The molecule has 28 heavy (non-hydrogen) atoms. The van der Waals surface area contributed by atoms with Gasteiger partial charge in [0.1, 0.15) is 5.82 Å². The molecule has 1 amide bonds. The molecule has 1 aromatic carbocycles. The SMILES string of the molecule is CCCCn1c(N)c(N(CCOC)C(=O)CCc2ccccc2)c(=O)[nH]c1=O. The van der Waals surface area contributed by atoms with Gasteiger partial charge in [0.2, 0.25) is 5.91 Å². The molecule has 0 saturated carbocycles. The van der Waals surface area contributed by atoms with Crippen LogP contribution in [0.3, 0.4) is 0 Å². The Balaban J connectivity index is 2.34. The van der Waals surface area contributed by atoms with Crippen LogP contribution in [0.2, 0.25) is 0 Å². The maximum atomic E-state index is 12.9. The van der Waals surface area contributed by atoms with E-state index in [4.69, 9.17) is 10.5 Å². The summed E-state index contributed by atoms with van der Waals surface area (Å²) in [4.78, 5) is 41.1. The molecule has 0 aliphatic rings. The van der Waals surface area contributed by atoms with Crippen molar-refractivity contribution in [2.24, 2.45) is 0 Å². The van der Waals surface area contributed by atoms with Crippen molar-refractivity contribution in [3.8, 4) is 0 Å². The van der Waals surface area contributed by atoms with Crippen molar-refractivity contribution in [2.75, 3.05) is 30.9 Å². The molecule has 2 rings (SSSR count). The standard InChI is InChI=1S/C20H28N4O4/c1-3-4-12-24-18(21)17(19(26)22-20(24)27)23(13-14-28-2)16(25)11-10-15-8-6-5-7-9-15/h5-9H,3-4,10-14,21H2,1-2H3,(H,22,26,27). The molecule has 0 bridgehead atoms. The number of carbonyl (C=O) groups is 1. The number of nitrogen functional groups attached to an aromatic ring is 1. The highest BCUT2D eigenvalue weighted by Gasteiger charge is 2.23. The quantitative estimate of drug-likeness (QED) is 0.641. The van der Waals surface area contributed by atoms with E-state index in [9.17, 15) is 14.4 Å². The molecule has 0 aliphatic carbocycles. The van der Waals surface area contributed by atoms with Crippen LogP contribution in [-0.2, 0) is 22.5 Å². The number of ether oxygens (including phenoxy) is 1. The molecule has 2 aromatic rings. The second-order valence-corrected chi connectivity index (χ2v) is 6.52. The van der Waals surface area contributed by atoms with Crippen LogP contribution in [0.15, 0.2) is 39.9 Å². The Kier molecular flexibility index (Phi) is 8.01. The van der Waals surface area contributed by atoms with Crippen LogP contribution in [0.1, 0.15) is 31.7 Å². The predicted octanol–water partition coefficient (Wildman–Crippen LogP) is 1.53. The number of aryl methyl sites for hydroxylation is 1. The zero-order chi connectivity index (χ0) is 20.5. The van der Waals surface area contributed by atoms with Gasteiger partial charge in [-0.1, -0.05) is 43.7 Å². The number of nitrogens with one attached hydrogen (secondary N) is 1. The van der Waals surface area contributed by atoms with E-state index in [0.29, 0.717) is 13.0 Å². The largest absolute Gasteiger partial charge is 0.383 e. The number of methoxy groups -OCH3 is 1. The lowest BCUT2D eigenvalue weighted by molar-refractivity contribution is -0.118. The van der Waals surface area contributed by atoms with Crippen molar-refractivity contribution >= 4 is 17.4 Å². The fourth-order valence-corrected chi connectivity index (χ4v) is 2.95. The van der Waals surface area contributed by atoms with Crippen molar-refractivity contribution in [1.82, 2.24) is 9.55 Å². The third kappa shape index (κ3) is 5.32. The number of unbranched alkanes of at least 4 members (excludes halogenated alkanes) is 1. The number of anilines is 2.